The van der Waals surface area contributed by atoms with Gasteiger partial charge in [0.2, 0.25) is 0 Å². The summed E-state index contributed by atoms with van der Waals surface area (Å²) in [6.45, 7) is 8.86. The number of hydrogen-bond donors (Lipinski definition) is 0. The molecule has 0 radical (unpaired) electrons. The van der Waals surface area contributed by atoms with E-state index in [2.05, 4.69) is 13.8 Å². The standard InChI is InChI=1S/C21H44O4PS/c1-4-7-9-11-13-15-17-23-19-21(20-25-26(22)27-6-3)24-18-16-14-12-10-8-5-2/h21H,4-20H2,1-3H3/q+1. The monoisotopic (exact) mass is 423 g/mol. The second-order valence-corrected chi connectivity index (χ2v) is 10.3. The summed E-state index contributed by atoms with van der Waals surface area (Å²) in [4.78, 5) is 0. The summed E-state index contributed by atoms with van der Waals surface area (Å²) in [5, 5.41) is 0. The Labute approximate surface area is 173 Å². The van der Waals surface area contributed by atoms with Gasteiger partial charge in [0, 0.05) is 19.0 Å². The molecule has 0 aliphatic carbocycles. The summed E-state index contributed by atoms with van der Waals surface area (Å²) in [7, 11) is -1.64. The lowest BCUT2D eigenvalue weighted by Crippen LogP contribution is -2.25. The molecule has 0 bridgehead atoms. The molecule has 27 heavy (non-hydrogen) atoms. The van der Waals surface area contributed by atoms with E-state index in [0.29, 0.717) is 13.2 Å². The molecule has 162 valence electrons. The molecule has 2 unspecified atom stereocenters. The number of ether oxygens (including phenoxy) is 2. The molecule has 0 aromatic rings. The Morgan fingerprint density at radius 1 is 0.741 bits per heavy atom. The molecule has 0 aromatic heterocycles. The van der Waals surface area contributed by atoms with Gasteiger partial charge in [-0.1, -0.05) is 85.0 Å². The third kappa shape index (κ3) is 20.9. The van der Waals surface area contributed by atoms with E-state index in [-0.39, 0.29) is 6.10 Å². The normalized spacial score (nSPS) is 13.1. The Morgan fingerprint density at radius 2 is 1.30 bits per heavy atom. The maximum atomic E-state index is 11.7. The third-order valence-electron chi connectivity index (χ3n) is 4.40. The average Bonchev–Trinajstić information content (AvgIpc) is 2.67. The van der Waals surface area contributed by atoms with Gasteiger partial charge in [0.25, 0.3) is 0 Å². The van der Waals surface area contributed by atoms with Gasteiger partial charge in [-0.15, -0.1) is 4.52 Å². The quantitative estimate of drug-likeness (QED) is 0.133. The fourth-order valence-electron chi connectivity index (χ4n) is 2.76. The molecule has 0 fully saturated rings. The average molecular weight is 424 g/mol. The first-order valence-electron chi connectivity index (χ1n) is 11.2. The van der Waals surface area contributed by atoms with Gasteiger partial charge in [-0.3, -0.25) is 0 Å². The first-order chi connectivity index (χ1) is 13.2. The molecule has 0 saturated heterocycles. The van der Waals surface area contributed by atoms with Crippen LogP contribution in [-0.4, -0.2) is 38.3 Å². The van der Waals surface area contributed by atoms with Gasteiger partial charge < -0.3 is 9.47 Å². The summed E-state index contributed by atoms with van der Waals surface area (Å²) in [5.74, 6) is 0.799. The van der Waals surface area contributed by atoms with E-state index in [0.717, 1.165) is 31.8 Å². The van der Waals surface area contributed by atoms with Crippen LogP contribution in [0.2, 0.25) is 0 Å². The minimum Gasteiger partial charge on any atom is -0.379 e. The molecule has 0 spiro atoms. The van der Waals surface area contributed by atoms with E-state index in [1.807, 2.05) is 6.92 Å². The summed E-state index contributed by atoms with van der Waals surface area (Å²) >= 11 is 1.34. The minimum absolute atomic E-state index is 0.114. The van der Waals surface area contributed by atoms with Gasteiger partial charge in [-0.25, -0.2) is 0 Å². The van der Waals surface area contributed by atoms with Crippen LogP contribution in [0.25, 0.3) is 0 Å². The topological polar surface area (TPSA) is 44.8 Å². The van der Waals surface area contributed by atoms with Crippen molar-refractivity contribution >= 4 is 18.6 Å². The van der Waals surface area contributed by atoms with Crippen LogP contribution in [0.15, 0.2) is 0 Å². The van der Waals surface area contributed by atoms with Crippen molar-refractivity contribution in [1.82, 2.24) is 0 Å². The van der Waals surface area contributed by atoms with Crippen molar-refractivity contribution in [2.75, 3.05) is 32.2 Å². The van der Waals surface area contributed by atoms with Gasteiger partial charge in [0.1, 0.15) is 12.7 Å². The second kappa shape index (κ2) is 22.6. The SMILES string of the molecule is CCCCCCCCOCC(CO[P+](=O)SCC)OCCCCCCCC. The van der Waals surface area contributed by atoms with E-state index in [1.165, 1.54) is 75.6 Å². The molecule has 0 heterocycles. The lowest BCUT2D eigenvalue weighted by molar-refractivity contribution is -0.0373. The fraction of sp³-hybridized carbons (Fsp3) is 1.00. The molecule has 0 aromatic carbocycles. The van der Waals surface area contributed by atoms with Crippen molar-refractivity contribution in [3.05, 3.63) is 0 Å². The zero-order valence-corrected chi connectivity index (χ0v) is 19.8. The summed E-state index contributed by atoms with van der Waals surface area (Å²) in [6.07, 6.45) is 15.0. The summed E-state index contributed by atoms with van der Waals surface area (Å²) in [6, 6.07) is 0. The molecule has 4 nitrogen and oxygen atoms in total. The molecule has 2 atom stereocenters. The van der Waals surface area contributed by atoms with Crippen molar-refractivity contribution in [2.24, 2.45) is 0 Å². The minimum atomic E-state index is -1.64. The van der Waals surface area contributed by atoms with Crippen LogP contribution < -0.4 is 0 Å². The predicted molar refractivity (Wildman–Crippen MR) is 119 cm³/mol. The summed E-state index contributed by atoms with van der Waals surface area (Å²) in [5.41, 5.74) is 0. The van der Waals surface area contributed by atoms with Gasteiger partial charge in [0.15, 0.2) is 11.4 Å². The molecule has 0 aliphatic heterocycles. The first kappa shape index (κ1) is 27.3. The Balaban J connectivity index is 3.86. The van der Waals surface area contributed by atoms with Crippen LogP contribution in [0.1, 0.15) is 97.8 Å². The van der Waals surface area contributed by atoms with Crippen LogP contribution >= 0.6 is 18.6 Å². The lowest BCUT2D eigenvalue weighted by atomic mass is 10.1. The van der Waals surface area contributed by atoms with Crippen molar-refractivity contribution < 1.29 is 18.6 Å². The highest BCUT2D eigenvalue weighted by Gasteiger charge is 2.22. The van der Waals surface area contributed by atoms with E-state index in [4.69, 9.17) is 14.0 Å². The van der Waals surface area contributed by atoms with Crippen LogP contribution in [0.3, 0.4) is 0 Å². The van der Waals surface area contributed by atoms with E-state index in [1.54, 1.807) is 0 Å². The Bertz CT molecular complexity index is 319. The molecule has 0 saturated carbocycles. The molecular formula is C21H44O4PS+. The third-order valence-corrected chi connectivity index (χ3v) is 6.95. The maximum Gasteiger partial charge on any atom is 0.585 e. The largest absolute Gasteiger partial charge is 0.585 e. The highest BCUT2D eigenvalue weighted by molar-refractivity contribution is 8.50. The smallest absolute Gasteiger partial charge is 0.379 e. The molecular weight excluding hydrogens is 379 g/mol. The van der Waals surface area contributed by atoms with Crippen LogP contribution in [0.4, 0.5) is 0 Å². The Kier molecular flexibility index (Phi) is 22.9. The second-order valence-electron chi connectivity index (χ2n) is 7.04. The highest BCUT2D eigenvalue weighted by Crippen LogP contribution is 2.38. The zero-order valence-electron chi connectivity index (χ0n) is 18.1. The van der Waals surface area contributed by atoms with Gasteiger partial charge in [-0.05, 0) is 17.4 Å². The number of unbranched alkanes of at least 4 members (excludes halogenated alkanes) is 10. The fourth-order valence-corrected chi connectivity index (χ4v) is 4.37. The van der Waals surface area contributed by atoms with Gasteiger partial charge in [-0.2, -0.15) is 0 Å². The van der Waals surface area contributed by atoms with Gasteiger partial charge in [0.05, 0.1) is 6.61 Å². The Morgan fingerprint density at radius 3 is 1.89 bits per heavy atom. The Hall–Kier alpha value is 0.330. The van der Waals surface area contributed by atoms with E-state index >= 15 is 0 Å². The van der Waals surface area contributed by atoms with Crippen molar-refractivity contribution in [2.45, 2.75) is 104 Å². The van der Waals surface area contributed by atoms with Crippen molar-refractivity contribution in [3.63, 3.8) is 0 Å². The molecule has 6 heteroatoms. The highest BCUT2D eigenvalue weighted by atomic mass is 32.7. The number of rotatable bonds is 22. The maximum absolute atomic E-state index is 11.7. The zero-order chi connectivity index (χ0) is 20.0. The lowest BCUT2D eigenvalue weighted by Gasteiger charge is -2.16. The van der Waals surface area contributed by atoms with Gasteiger partial charge >= 0.3 is 7.23 Å². The van der Waals surface area contributed by atoms with Crippen molar-refractivity contribution in [3.8, 4) is 0 Å². The molecule has 0 N–H and O–H groups in total. The van der Waals surface area contributed by atoms with Crippen LogP contribution in [0, 0.1) is 0 Å². The van der Waals surface area contributed by atoms with Crippen LogP contribution in [-0.2, 0) is 18.6 Å². The van der Waals surface area contributed by atoms with E-state index < -0.39 is 7.23 Å². The van der Waals surface area contributed by atoms with Crippen LogP contribution in [0.5, 0.6) is 0 Å². The molecule has 0 amide bonds. The van der Waals surface area contributed by atoms with Crippen molar-refractivity contribution in [1.29, 1.82) is 0 Å². The summed E-state index contributed by atoms with van der Waals surface area (Å²) < 4.78 is 28.9. The number of hydrogen-bond acceptors (Lipinski definition) is 5. The first-order valence-corrected chi connectivity index (χ1v) is 13.9. The van der Waals surface area contributed by atoms with E-state index in [9.17, 15) is 4.57 Å². The predicted octanol–water partition coefficient (Wildman–Crippen LogP) is 7.54. The molecule has 0 aliphatic rings. The molecule has 0 rings (SSSR count).